The molecule has 138 valence electrons. The van der Waals surface area contributed by atoms with E-state index in [2.05, 4.69) is 10.3 Å². The van der Waals surface area contributed by atoms with Gasteiger partial charge in [-0.05, 0) is 37.1 Å². The molecule has 0 unspecified atom stereocenters. The molecule has 1 aromatic carbocycles. The molecule has 25 heavy (non-hydrogen) atoms. The first kappa shape index (κ1) is 21.3. The zero-order valence-electron chi connectivity index (χ0n) is 14.6. The van der Waals surface area contributed by atoms with Crippen LogP contribution in [0.3, 0.4) is 0 Å². The van der Waals surface area contributed by atoms with Gasteiger partial charge in [0.2, 0.25) is 0 Å². The van der Waals surface area contributed by atoms with Gasteiger partial charge in [-0.25, -0.2) is 9.07 Å². The third kappa shape index (κ3) is 4.68. The number of benzene rings is 1. The van der Waals surface area contributed by atoms with E-state index < -0.39 is 5.82 Å². The molecule has 2 N–H and O–H groups in total. The quantitative estimate of drug-likeness (QED) is 0.852. The van der Waals surface area contributed by atoms with Gasteiger partial charge in [0.25, 0.3) is 5.91 Å². The van der Waals surface area contributed by atoms with Crippen LogP contribution < -0.4 is 5.73 Å². The third-order valence-electron chi connectivity index (χ3n) is 3.81. The van der Waals surface area contributed by atoms with Gasteiger partial charge >= 0.3 is 0 Å². The van der Waals surface area contributed by atoms with E-state index in [0.29, 0.717) is 24.5 Å². The number of amides is 1. The largest absolute Gasteiger partial charge is 0.340 e. The fraction of sp³-hybridized carbons (Fsp3) is 0.438. The Morgan fingerprint density at radius 3 is 2.64 bits per heavy atom. The third-order valence-corrected chi connectivity index (χ3v) is 4.10. The molecule has 0 atom stereocenters. The predicted octanol–water partition coefficient (Wildman–Crippen LogP) is 2.85. The van der Waals surface area contributed by atoms with E-state index in [0.717, 1.165) is 0 Å². The molecule has 0 bridgehead atoms. The Morgan fingerprint density at radius 2 is 2.08 bits per heavy atom. The molecule has 6 nitrogen and oxygen atoms in total. The molecule has 2 rings (SSSR count). The van der Waals surface area contributed by atoms with Crippen molar-refractivity contribution in [2.45, 2.75) is 20.8 Å². The smallest absolute Gasteiger partial charge is 0.276 e. The fourth-order valence-electron chi connectivity index (χ4n) is 2.35. The van der Waals surface area contributed by atoms with Crippen LogP contribution in [0.4, 0.5) is 4.39 Å². The maximum atomic E-state index is 13.3. The molecule has 1 aromatic heterocycles. The lowest BCUT2D eigenvalue weighted by Crippen LogP contribution is -2.40. The molecule has 9 heteroatoms. The first-order valence-electron chi connectivity index (χ1n) is 7.49. The Balaban J connectivity index is 0.00000312. The maximum Gasteiger partial charge on any atom is 0.276 e. The number of nitrogens with zero attached hydrogens (tertiary/aromatic N) is 4. The number of aromatic nitrogens is 3. The number of carbonyl (C=O) groups is 1. The van der Waals surface area contributed by atoms with Gasteiger partial charge in [0.1, 0.15) is 5.82 Å². The van der Waals surface area contributed by atoms with Crippen molar-refractivity contribution in [3.05, 3.63) is 40.4 Å². The van der Waals surface area contributed by atoms with Crippen LogP contribution in [0, 0.1) is 18.2 Å². The molecule has 0 radical (unpaired) electrons. The van der Waals surface area contributed by atoms with E-state index in [1.807, 2.05) is 13.8 Å². The highest BCUT2D eigenvalue weighted by Gasteiger charge is 2.25. The maximum absolute atomic E-state index is 13.3. The summed E-state index contributed by atoms with van der Waals surface area (Å²) in [5, 5.41) is 7.95. The van der Waals surface area contributed by atoms with Crippen LogP contribution in [0.5, 0.6) is 0 Å². The molecular weight excluding hydrogens is 368 g/mol. The topological polar surface area (TPSA) is 77.0 Å². The number of hydrogen-bond donors (Lipinski definition) is 1. The van der Waals surface area contributed by atoms with Crippen molar-refractivity contribution in [2.75, 3.05) is 20.1 Å². The van der Waals surface area contributed by atoms with Gasteiger partial charge in [-0.3, -0.25) is 4.79 Å². The van der Waals surface area contributed by atoms with Crippen molar-refractivity contribution < 1.29 is 9.18 Å². The molecular formula is C16H22Cl2FN5O. The van der Waals surface area contributed by atoms with Gasteiger partial charge in [-0.2, -0.15) is 0 Å². The van der Waals surface area contributed by atoms with Crippen LogP contribution in [0.1, 0.15) is 30.0 Å². The van der Waals surface area contributed by atoms with Gasteiger partial charge in [0.05, 0.1) is 16.4 Å². The molecule has 0 saturated heterocycles. The van der Waals surface area contributed by atoms with Gasteiger partial charge in [0.15, 0.2) is 5.69 Å². The van der Waals surface area contributed by atoms with Crippen LogP contribution in [-0.2, 0) is 0 Å². The second-order valence-corrected chi connectivity index (χ2v) is 6.97. The molecule has 0 aliphatic rings. The van der Waals surface area contributed by atoms with Gasteiger partial charge in [0, 0.05) is 13.6 Å². The summed E-state index contributed by atoms with van der Waals surface area (Å²) in [6, 6.07) is 4.21. The predicted molar refractivity (Wildman–Crippen MR) is 98.1 cm³/mol. The van der Waals surface area contributed by atoms with Gasteiger partial charge in [-0.15, -0.1) is 17.5 Å². The molecule has 0 fully saturated rings. The van der Waals surface area contributed by atoms with Crippen molar-refractivity contribution >= 4 is 29.9 Å². The summed E-state index contributed by atoms with van der Waals surface area (Å²) in [6.45, 7) is 6.66. The molecule has 0 aliphatic carbocycles. The summed E-state index contributed by atoms with van der Waals surface area (Å²) in [4.78, 5) is 14.2. The van der Waals surface area contributed by atoms with Crippen molar-refractivity contribution in [2.24, 2.45) is 11.1 Å². The number of nitrogens with two attached hydrogens (primary N) is 1. The van der Waals surface area contributed by atoms with Crippen molar-refractivity contribution in [1.82, 2.24) is 19.9 Å². The van der Waals surface area contributed by atoms with Crippen LogP contribution >= 0.6 is 24.0 Å². The summed E-state index contributed by atoms with van der Waals surface area (Å²) in [5.41, 5.74) is 6.86. The summed E-state index contributed by atoms with van der Waals surface area (Å²) < 4.78 is 14.8. The van der Waals surface area contributed by atoms with E-state index in [9.17, 15) is 9.18 Å². The average molecular weight is 390 g/mol. The zero-order valence-corrected chi connectivity index (χ0v) is 16.2. The summed E-state index contributed by atoms with van der Waals surface area (Å²) >= 11 is 5.80. The number of hydrogen-bond acceptors (Lipinski definition) is 4. The van der Waals surface area contributed by atoms with Crippen LogP contribution in [-0.4, -0.2) is 45.9 Å². The first-order chi connectivity index (χ1) is 11.2. The van der Waals surface area contributed by atoms with Crippen LogP contribution in [0.15, 0.2) is 18.2 Å². The Bertz CT molecular complexity index is 763. The lowest BCUT2D eigenvalue weighted by molar-refractivity contribution is 0.0734. The summed E-state index contributed by atoms with van der Waals surface area (Å²) in [6.07, 6.45) is 0. The Hall–Kier alpha value is -1.70. The number of rotatable bonds is 5. The summed E-state index contributed by atoms with van der Waals surface area (Å²) in [5.74, 6) is -0.758. The molecule has 0 aliphatic heterocycles. The highest BCUT2D eigenvalue weighted by atomic mass is 35.5. The lowest BCUT2D eigenvalue weighted by Gasteiger charge is -2.28. The Labute approximate surface area is 157 Å². The van der Waals surface area contributed by atoms with Crippen molar-refractivity contribution in [1.29, 1.82) is 0 Å². The van der Waals surface area contributed by atoms with Gasteiger partial charge in [-0.1, -0.05) is 30.7 Å². The average Bonchev–Trinajstić information content (AvgIpc) is 2.90. The van der Waals surface area contributed by atoms with E-state index in [4.69, 9.17) is 17.3 Å². The molecule has 2 aromatic rings. The standard InChI is InChI=1S/C16H21ClFN5O.ClH/c1-10-14(15(24)22(4)9-16(2,3)8-19)20-21-23(10)11-5-6-13(18)12(17)7-11;/h5-7H,8-9,19H2,1-4H3;1H. The number of carbonyl (C=O) groups excluding carboxylic acids is 1. The number of halogens is 3. The minimum Gasteiger partial charge on any atom is -0.340 e. The first-order valence-corrected chi connectivity index (χ1v) is 7.87. The minimum absolute atomic E-state index is 0. The summed E-state index contributed by atoms with van der Waals surface area (Å²) in [7, 11) is 1.70. The molecule has 1 heterocycles. The normalized spacial score (nSPS) is 11.2. The zero-order chi connectivity index (χ0) is 18.1. The molecule has 1 amide bonds. The van der Waals surface area contributed by atoms with Crippen molar-refractivity contribution in [3.8, 4) is 5.69 Å². The second kappa shape index (κ2) is 8.12. The Kier molecular flexibility index (Phi) is 6.93. The SMILES string of the molecule is Cc1c(C(=O)N(C)CC(C)(C)CN)nnn1-c1ccc(F)c(Cl)c1.Cl. The van der Waals surface area contributed by atoms with Gasteiger partial charge < -0.3 is 10.6 Å². The monoisotopic (exact) mass is 389 g/mol. The lowest BCUT2D eigenvalue weighted by atomic mass is 9.93. The highest BCUT2D eigenvalue weighted by Crippen LogP contribution is 2.21. The second-order valence-electron chi connectivity index (χ2n) is 6.56. The van der Waals surface area contributed by atoms with E-state index >= 15 is 0 Å². The van der Waals surface area contributed by atoms with Crippen LogP contribution in [0.2, 0.25) is 5.02 Å². The van der Waals surface area contributed by atoms with Crippen LogP contribution in [0.25, 0.3) is 5.69 Å². The van der Waals surface area contributed by atoms with E-state index in [-0.39, 0.29) is 34.4 Å². The highest BCUT2D eigenvalue weighted by molar-refractivity contribution is 6.30. The molecule has 0 saturated carbocycles. The Morgan fingerprint density at radius 1 is 1.44 bits per heavy atom. The van der Waals surface area contributed by atoms with Crippen molar-refractivity contribution in [3.63, 3.8) is 0 Å². The minimum atomic E-state index is -0.516. The van der Waals surface area contributed by atoms with E-state index in [1.165, 1.54) is 22.9 Å². The fourth-order valence-corrected chi connectivity index (χ4v) is 2.52. The molecule has 0 spiro atoms. The van der Waals surface area contributed by atoms with E-state index in [1.54, 1.807) is 18.9 Å².